The van der Waals surface area contributed by atoms with Crippen molar-refractivity contribution in [2.75, 3.05) is 11.4 Å². The third-order valence-electron chi connectivity index (χ3n) is 4.95. The molecule has 138 valence electrons. The number of hydrazone groups is 1. The maximum absolute atomic E-state index is 13.1. The molecule has 2 aliphatic rings. The lowest BCUT2D eigenvalue weighted by Crippen LogP contribution is -2.43. The number of hydrogen-bond donors (Lipinski definition) is 0. The molecule has 0 N–H and O–H groups in total. The highest BCUT2D eigenvalue weighted by molar-refractivity contribution is 6.44. The van der Waals surface area contributed by atoms with Crippen LogP contribution in [0.1, 0.15) is 30.4 Å². The Morgan fingerprint density at radius 3 is 2.63 bits per heavy atom. The number of anilines is 1. The summed E-state index contributed by atoms with van der Waals surface area (Å²) in [6.45, 7) is 0.882. The van der Waals surface area contributed by atoms with E-state index in [9.17, 15) is 14.0 Å². The van der Waals surface area contributed by atoms with E-state index in [1.54, 1.807) is 17.0 Å². The van der Waals surface area contributed by atoms with Gasteiger partial charge in [0.05, 0.1) is 6.54 Å². The Morgan fingerprint density at radius 2 is 1.81 bits per heavy atom. The minimum Gasteiger partial charge on any atom is -0.307 e. The van der Waals surface area contributed by atoms with Gasteiger partial charge in [-0.15, -0.1) is 0 Å². The third kappa shape index (κ3) is 3.60. The number of halogens is 1. The Morgan fingerprint density at radius 1 is 1.04 bits per heavy atom. The lowest BCUT2D eigenvalue weighted by Gasteiger charge is -2.31. The number of amides is 2. The summed E-state index contributed by atoms with van der Waals surface area (Å²) in [5, 5.41) is 5.66. The maximum Gasteiger partial charge on any atom is 0.274 e. The molecule has 2 heterocycles. The summed E-state index contributed by atoms with van der Waals surface area (Å²) in [5.41, 5.74) is 3.25. The summed E-state index contributed by atoms with van der Waals surface area (Å²) in [7, 11) is 0. The van der Waals surface area contributed by atoms with E-state index >= 15 is 0 Å². The fourth-order valence-electron chi connectivity index (χ4n) is 3.54. The first kappa shape index (κ1) is 17.4. The molecule has 0 saturated carbocycles. The smallest absolute Gasteiger partial charge is 0.274 e. The predicted octanol–water partition coefficient (Wildman–Crippen LogP) is 3.28. The molecule has 2 aliphatic heterocycles. The topological polar surface area (TPSA) is 53.0 Å². The second-order valence-corrected chi connectivity index (χ2v) is 6.81. The Balaban J connectivity index is 1.57. The van der Waals surface area contributed by atoms with Gasteiger partial charge < -0.3 is 4.90 Å². The monoisotopic (exact) mass is 365 g/mol. The van der Waals surface area contributed by atoms with Gasteiger partial charge in [-0.1, -0.05) is 30.3 Å². The summed E-state index contributed by atoms with van der Waals surface area (Å²) in [4.78, 5) is 27.1. The van der Waals surface area contributed by atoms with Gasteiger partial charge in [-0.05, 0) is 42.2 Å². The van der Waals surface area contributed by atoms with Crippen LogP contribution in [-0.4, -0.2) is 29.1 Å². The van der Waals surface area contributed by atoms with Crippen LogP contribution in [0.25, 0.3) is 0 Å². The van der Waals surface area contributed by atoms with E-state index in [1.807, 2.05) is 24.3 Å². The average Bonchev–Trinajstić information content (AvgIpc) is 2.70. The summed E-state index contributed by atoms with van der Waals surface area (Å²) in [6.07, 6.45) is 2.47. The number of carbonyl (C=O) groups is 2. The van der Waals surface area contributed by atoms with Crippen molar-refractivity contribution in [3.63, 3.8) is 0 Å². The third-order valence-corrected chi connectivity index (χ3v) is 4.95. The van der Waals surface area contributed by atoms with Gasteiger partial charge in [-0.25, -0.2) is 9.40 Å². The number of nitrogens with zero attached hydrogens (tertiary/aromatic N) is 3. The van der Waals surface area contributed by atoms with Crippen LogP contribution >= 0.6 is 0 Å². The van der Waals surface area contributed by atoms with Gasteiger partial charge in [0, 0.05) is 25.1 Å². The standard InChI is InChI=1S/C21H20FN3O2/c22-17-9-7-15(8-10-17)14-25-20(26)12-11-18(23-25)21(27)24-13-3-5-16-4-1-2-6-19(16)24/h1-2,4,6-10H,3,5,11-14H2. The first-order valence-electron chi connectivity index (χ1n) is 9.14. The van der Waals surface area contributed by atoms with E-state index in [-0.39, 0.29) is 30.6 Å². The van der Waals surface area contributed by atoms with Gasteiger partial charge in [0.25, 0.3) is 5.91 Å². The second kappa shape index (κ2) is 7.31. The number of benzene rings is 2. The summed E-state index contributed by atoms with van der Waals surface area (Å²) < 4.78 is 13.1. The van der Waals surface area contributed by atoms with E-state index in [0.717, 1.165) is 29.7 Å². The number of hydrogen-bond acceptors (Lipinski definition) is 3. The van der Waals surface area contributed by atoms with Crippen molar-refractivity contribution < 1.29 is 14.0 Å². The van der Waals surface area contributed by atoms with Crippen LogP contribution in [0.2, 0.25) is 0 Å². The largest absolute Gasteiger partial charge is 0.307 e. The van der Waals surface area contributed by atoms with Gasteiger partial charge in [0.1, 0.15) is 11.5 Å². The zero-order valence-corrected chi connectivity index (χ0v) is 14.9. The molecular formula is C21H20FN3O2. The van der Waals surface area contributed by atoms with E-state index in [2.05, 4.69) is 5.10 Å². The fraction of sp³-hybridized carbons (Fsp3) is 0.286. The van der Waals surface area contributed by atoms with Crippen molar-refractivity contribution >= 4 is 23.2 Å². The predicted molar refractivity (Wildman–Crippen MR) is 101 cm³/mol. The molecule has 0 fully saturated rings. The van der Waals surface area contributed by atoms with Crippen LogP contribution in [0.15, 0.2) is 53.6 Å². The summed E-state index contributed by atoms with van der Waals surface area (Å²) >= 11 is 0. The van der Waals surface area contributed by atoms with Crippen molar-refractivity contribution in [2.45, 2.75) is 32.2 Å². The van der Waals surface area contributed by atoms with E-state index in [1.165, 1.54) is 17.1 Å². The number of aryl methyl sites for hydroxylation is 1. The maximum atomic E-state index is 13.1. The number of fused-ring (bicyclic) bond motifs is 1. The minimum absolute atomic E-state index is 0.130. The zero-order chi connectivity index (χ0) is 18.8. The van der Waals surface area contributed by atoms with Gasteiger partial charge in [0.15, 0.2) is 0 Å². The Bertz CT molecular complexity index is 908. The molecule has 2 aromatic rings. The molecule has 0 aromatic heterocycles. The molecule has 2 amide bonds. The van der Waals surface area contributed by atoms with Crippen LogP contribution in [0.4, 0.5) is 10.1 Å². The van der Waals surface area contributed by atoms with Gasteiger partial charge in [-0.3, -0.25) is 9.59 Å². The van der Waals surface area contributed by atoms with Crippen molar-refractivity contribution in [2.24, 2.45) is 5.10 Å². The average molecular weight is 365 g/mol. The Kier molecular flexibility index (Phi) is 4.71. The van der Waals surface area contributed by atoms with Crippen LogP contribution in [-0.2, 0) is 22.6 Å². The zero-order valence-electron chi connectivity index (χ0n) is 14.9. The van der Waals surface area contributed by atoms with Crippen molar-refractivity contribution in [1.82, 2.24) is 5.01 Å². The molecule has 0 bridgehead atoms. The molecule has 4 rings (SSSR count). The molecule has 0 unspecified atom stereocenters. The van der Waals surface area contributed by atoms with E-state index < -0.39 is 0 Å². The van der Waals surface area contributed by atoms with Crippen molar-refractivity contribution in [3.05, 3.63) is 65.5 Å². The van der Waals surface area contributed by atoms with Gasteiger partial charge >= 0.3 is 0 Å². The lowest BCUT2D eigenvalue weighted by atomic mass is 10.0. The van der Waals surface area contributed by atoms with Crippen LogP contribution < -0.4 is 4.90 Å². The molecule has 27 heavy (non-hydrogen) atoms. The van der Waals surface area contributed by atoms with Gasteiger partial charge in [-0.2, -0.15) is 5.10 Å². The first-order chi connectivity index (χ1) is 13.1. The Labute approximate surface area is 157 Å². The lowest BCUT2D eigenvalue weighted by molar-refractivity contribution is -0.132. The first-order valence-corrected chi connectivity index (χ1v) is 9.14. The number of rotatable bonds is 3. The molecule has 0 radical (unpaired) electrons. The molecule has 0 aliphatic carbocycles. The minimum atomic E-state index is -0.327. The van der Waals surface area contributed by atoms with Crippen molar-refractivity contribution in [3.8, 4) is 0 Å². The molecule has 0 spiro atoms. The highest BCUT2D eigenvalue weighted by Gasteiger charge is 2.30. The van der Waals surface area contributed by atoms with Crippen LogP contribution in [0, 0.1) is 5.82 Å². The van der Waals surface area contributed by atoms with Crippen LogP contribution in [0.3, 0.4) is 0 Å². The summed E-state index contributed by atoms with van der Waals surface area (Å²) in [5.74, 6) is -0.597. The fourth-order valence-corrected chi connectivity index (χ4v) is 3.54. The quantitative estimate of drug-likeness (QED) is 0.838. The SMILES string of the molecule is O=C1CCC(C(=O)N2CCCc3ccccc32)=NN1Cc1ccc(F)cc1. The van der Waals surface area contributed by atoms with Crippen LogP contribution in [0.5, 0.6) is 0 Å². The Hall–Kier alpha value is -3.02. The van der Waals surface area contributed by atoms with Gasteiger partial charge in [0.2, 0.25) is 5.91 Å². The number of para-hydroxylation sites is 1. The number of carbonyl (C=O) groups excluding carboxylic acids is 2. The second-order valence-electron chi connectivity index (χ2n) is 6.81. The molecule has 0 saturated heterocycles. The molecular weight excluding hydrogens is 345 g/mol. The molecule has 6 heteroatoms. The van der Waals surface area contributed by atoms with Crippen molar-refractivity contribution in [1.29, 1.82) is 0 Å². The molecule has 0 atom stereocenters. The highest BCUT2D eigenvalue weighted by Crippen LogP contribution is 2.27. The molecule has 2 aromatic carbocycles. The normalized spacial score (nSPS) is 16.8. The van der Waals surface area contributed by atoms with E-state index in [4.69, 9.17) is 0 Å². The summed E-state index contributed by atoms with van der Waals surface area (Å²) in [6, 6.07) is 13.9. The molecule has 5 nitrogen and oxygen atoms in total. The van der Waals surface area contributed by atoms with E-state index in [0.29, 0.717) is 18.7 Å². The highest BCUT2D eigenvalue weighted by atomic mass is 19.1.